The van der Waals surface area contributed by atoms with Gasteiger partial charge in [-0.3, -0.25) is 4.79 Å². The molecule has 1 fully saturated rings. The lowest BCUT2D eigenvalue weighted by molar-refractivity contribution is -0.147. The number of hydrogen-bond acceptors (Lipinski definition) is 3. The van der Waals surface area contributed by atoms with Crippen molar-refractivity contribution in [1.82, 2.24) is 0 Å². The fourth-order valence-corrected chi connectivity index (χ4v) is 1.80. The van der Waals surface area contributed by atoms with E-state index in [1.165, 1.54) is 6.92 Å². The molecule has 0 amide bonds. The lowest BCUT2D eigenvalue weighted by Crippen LogP contribution is -2.27. The van der Waals surface area contributed by atoms with Gasteiger partial charge < -0.3 is 4.74 Å². The standard InChI is InChI=1S/C9H15N3O2/c1-7(13)14-9-6-4-2-3-5-8(9)11-12-10/h8-9H,2-6H2,1H3/t8-,9-/m1/s1. The lowest BCUT2D eigenvalue weighted by Gasteiger charge is -2.20. The molecule has 1 aliphatic carbocycles. The first-order chi connectivity index (χ1) is 6.74. The SMILES string of the molecule is CC(=O)O[C@@H]1CCCCC[C@H]1N=[N+]=[N-]. The van der Waals surface area contributed by atoms with E-state index in [1.807, 2.05) is 0 Å². The van der Waals surface area contributed by atoms with Crippen molar-refractivity contribution in [3.63, 3.8) is 0 Å². The molecule has 0 N–H and O–H groups in total. The van der Waals surface area contributed by atoms with Gasteiger partial charge in [-0.15, -0.1) is 0 Å². The molecule has 78 valence electrons. The van der Waals surface area contributed by atoms with Gasteiger partial charge in [0.15, 0.2) is 0 Å². The highest BCUT2D eigenvalue weighted by Crippen LogP contribution is 2.23. The van der Waals surface area contributed by atoms with Crippen LogP contribution in [0.25, 0.3) is 10.4 Å². The summed E-state index contributed by atoms with van der Waals surface area (Å²) in [7, 11) is 0. The van der Waals surface area contributed by atoms with Gasteiger partial charge in [-0.1, -0.05) is 18.0 Å². The van der Waals surface area contributed by atoms with E-state index in [9.17, 15) is 4.79 Å². The van der Waals surface area contributed by atoms with Gasteiger partial charge in [0.05, 0.1) is 6.04 Å². The highest BCUT2D eigenvalue weighted by atomic mass is 16.5. The molecule has 14 heavy (non-hydrogen) atoms. The average molecular weight is 197 g/mol. The second-order valence-corrected chi connectivity index (χ2v) is 3.56. The Bertz CT molecular complexity index is 248. The van der Waals surface area contributed by atoms with Crippen molar-refractivity contribution in [2.75, 3.05) is 0 Å². The molecule has 1 saturated carbocycles. The minimum absolute atomic E-state index is 0.175. The number of rotatable bonds is 2. The van der Waals surface area contributed by atoms with E-state index < -0.39 is 0 Å². The maximum absolute atomic E-state index is 10.8. The first kappa shape index (κ1) is 10.9. The molecule has 0 aromatic heterocycles. The van der Waals surface area contributed by atoms with Crippen molar-refractivity contribution < 1.29 is 9.53 Å². The average Bonchev–Trinajstić information content (AvgIpc) is 2.32. The molecule has 1 aliphatic rings. The van der Waals surface area contributed by atoms with Crippen molar-refractivity contribution in [2.45, 2.75) is 51.2 Å². The second kappa shape index (κ2) is 5.50. The minimum atomic E-state index is -0.296. The Morgan fingerprint density at radius 2 is 2.14 bits per heavy atom. The predicted octanol–water partition coefficient (Wildman–Crippen LogP) is 2.56. The van der Waals surface area contributed by atoms with E-state index >= 15 is 0 Å². The molecule has 0 aliphatic heterocycles. The van der Waals surface area contributed by atoms with Gasteiger partial charge in [0.1, 0.15) is 6.10 Å². The summed E-state index contributed by atoms with van der Waals surface area (Å²) < 4.78 is 5.13. The van der Waals surface area contributed by atoms with Gasteiger partial charge in [-0.05, 0) is 24.8 Å². The Balaban J connectivity index is 2.63. The van der Waals surface area contributed by atoms with Gasteiger partial charge in [0.25, 0.3) is 0 Å². The zero-order chi connectivity index (χ0) is 10.4. The molecule has 5 nitrogen and oxygen atoms in total. The van der Waals surface area contributed by atoms with Crippen LogP contribution in [0, 0.1) is 0 Å². The van der Waals surface area contributed by atoms with E-state index in [2.05, 4.69) is 10.0 Å². The molecule has 0 saturated heterocycles. The fraction of sp³-hybridized carbons (Fsp3) is 0.889. The number of nitrogens with zero attached hydrogens (tertiary/aromatic N) is 3. The molecule has 1 rings (SSSR count). The Morgan fingerprint density at radius 3 is 2.79 bits per heavy atom. The van der Waals surface area contributed by atoms with Crippen molar-refractivity contribution in [1.29, 1.82) is 0 Å². The van der Waals surface area contributed by atoms with Crippen LogP contribution in [0.5, 0.6) is 0 Å². The van der Waals surface area contributed by atoms with Crippen molar-refractivity contribution in [3.8, 4) is 0 Å². The summed E-state index contributed by atoms with van der Waals surface area (Å²) in [5.74, 6) is -0.296. The van der Waals surface area contributed by atoms with Crippen LogP contribution in [-0.4, -0.2) is 18.1 Å². The van der Waals surface area contributed by atoms with Gasteiger partial charge >= 0.3 is 5.97 Å². The Kier molecular flexibility index (Phi) is 4.26. The second-order valence-electron chi connectivity index (χ2n) is 3.56. The zero-order valence-corrected chi connectivity index (χ0v) is 8.35. The molecule has 0 unspecified atom stereocenters. The highest BCUT2D eigenvalue weighted by molar-refractivity contribution is 5.66. The van der Waals surface area contributed by atoms with E-state index in [1.54, 1.807) is 0 Å². The van der Waals surface area contributed by atoms with Crippen molar-refractivity contribution >= 4 is 5.97 Å². The Labute approximate surface area is 83.1 Å². The predicted molar refractivity (Wildman–Crippen MR) is 51.6 cm³/mol. The van der Waals surface area contributed by atoms with Crippen LogP contribution in [0.15, 0.2) is 5.11 Å². The minimum Gasteiger partial charge on any atom is -0.462 e. The molecule has 2 atom stereocenters. The molecule has 0 heterocycles. The van der Waals surface area contributed by atoms with Crippen LogP contribution >= 0.6 is 0 Å². The summed E-state index contributed by atoms with van der Waals surface area (Å²) in [6.45, 7) is 1.39. The van der Waals surface area contributed by atoms with Gasteiger partial charge in [0, 0.05) is 11.8 Å². The van der Waals surface area contributed by atoms with Crippen LogP contribution in [-0.2, 0) is 9.53 Å². The quantitative estimate of drug-likeness (QED) is 0.224. The van der Waals surface area contributed by atoms with E-state index in [4.69, 9.17) is 10.3 Å². The molecule has 0 radical (unpaired) electrons. The largest absolute Gasteiger partial charge is 0.462 e. The maximum atomic E-state index is 10.8. The van der Waals surface area contributed by atoms with Gasteiger partial charge in [-0.2, -0.15) is 0 Å². The Morgan fingerprint density at radius 1 is 1.43 bits per heavy atom. The van der Waals surface area contributed by atoms with E-state index in [-0.39, 0.29) is 18.1 Å². The topological polar surface area (TPSA) is 75.1 Å². The first-order valence-corrected chi connectivity index (χ1v) is 4.95. The van der Waals surface area contributed by atoms with Crippen LogP contribution in [0.2, 0.25) is 0 Å². The van der Waals surface area contributed by atoms with Gasteiger partial charge in [-0.25, -0.2) is 0 Å². The third-order valence-corrected chi connectivity index (χ3v) is 2.43. The molecule has 0 bridgehead atoms. The molecular formula is C9H15N3O2. The monoisotopic (exact) mass is 197 g/mol. The molecular weight excluding hydrogens is 182 g/mol. The van der Waals surface area contributed by atoms with Crippen LogP contribution in [0.4, 0.5) is 0 Å². The Hall–Kier alpha value is -1.22. The normalized spacial score (nSPS) is 27.2. The summed E-state index contributed by atoms with van der Waals surface area (Å²) in [5.41, 5.74) is 8.38. The summed E-state index contributed by atoms with van der Waals surface area (Å²) >= 11 is 0. The number of hydrogen-bond donors (Lipinski definition) is 0. The lowest BCUT2D eigenvalue weighted by atomic mass is 10.1. The first-order valence-electron chi connectivity index (χ1n) is 4.95. The molecule has 0 aromatic rings. The van der Waals surface area contributed by atoms with Crippen LogP contribution in [0.1, 0.15) is 39.0 Å². The van der Waals surface area contributed by atoms with Crippen molar-refractivity contribution in [3.05, 3.63) is 10.4 Å². The third-order valence-electron chi connectivity index (χ3n) is 2.43. The summed E-state index contributed by atoms with van der Waals surface area (Å²) in [6, 6.07) is -0.175. The highest BCUT2D eigenvalue weighted by Gasteiger charge is 2.24. The molecule has 0 aromatic carbocycles. The summed E-state index contributed by atoms with van der Waals surface area (Å²) in [6.07, 6.45) is 4.61. The number of azide groups is 1. The van der Waals surface area contributed by atoms with Crippen LogP contribution in [0.3, 0.4) is 0 Å². The number of carbonyl (C=O) groups excluding carboxylic acids is 1. The number of carbonyl (C=O) groups is 1. The van der Waals surface area contributed by atoms with Gasteiger partial charge in [0.2, 0.25) is 0 Å². The van der Waals surface area contributed by atoms with E-state index in [0.717, 1.165) is 32.1 Å². The molecule has 0 spiro atoms. The van der Waals surface area contributed by atoms with Crippen LogP contribution < -0.4 is 0 Å². The smallest absolute Gasteiger partial charge is 0.302 e. The number of esters is 1. The zero-order valence-electron chi connectivity index (χ0n) is 8.35. The third kappa shape index (κ3) is 3.26. The van der Waals surface area contributed by atoms with E-state index in [0.29, 0.717) is 0 Å². The fourth-order valence-electron chi connectivity index (χ4n) is 1.80. The summed E-state index contributed by atoms with van der Waals surface area (Å²) in [5, 5.41) is 3.68. The molecule has 5 heteroatoms. The number of ether oxygens (including phenoxy) is 1. The summed E-state index contributed by atoms with van der Waals surface area (Å²) in [4.78, 5) is 13.6. The maximum Gasteiger partial charge on any atom is 0.302 e. The van der Waals surface area contributed by atoms with Crippen molar-refractivity contribution in [2.24, 2.45) is 5.11 Å².